The van der Waals surface area contributed by atoms with E-state index in [1.165, 1.54) is 0 Å². The number of hydrogen-bond acceptors (Lipinski definition) is 5. The highest BCUT2D eigenvalue weighted by molar-refractivity contribution is 5.90. The molecule has 5 nitrogen and oxygen atoms in total. The molecule has 0 aromatic heterocycles. The lowest BCUT2D eigenvalue weighted by Crippen LogP contribution is -2.46. The number of rotatable bonds is 9. The molecule has 0 aliphatic carbocycles. The zero-order chi connectivity index (χ0) is 21.0. The molecule has 30 heavy (non-hydrogen) atoms. The second-order valence-corrected chi connectivity index (χ2v) is 8.66. The molecule has 2 saturated heterocycles. The van der Waals surface area contributed by atoms with Crippen LogP contribution in [0.25, 0.3) is 11.1 Å². The van der Waals surface area contributed by atoms with Crippen LogP contribution in [0.2, 0.25) is 0 Å². The van der Waals surface area contributed by atoms with Crippen LogP contribution in [0.3, 0.4) is 0 Å². The van der Waals surface area contributed by atoms with E-state index in [0.717, 1.165) is 42.9 Å². The van der Waals surface area contributed by atoms with Crippen LogP contribution in [0.15, 0.2) is 48.5 Å². The van der Waals surface area contributed by atoms with Gasteiger partial charge in [-0.15, -0.1) is 0 Å². The van der Waals surface area contributed by atoms with Gasteiger partial charge in [-0.2, -0.15) is 0 Å². The van der Waals surface area contributed by atoms with Crippen LogP contribution in [-0.2, 0) is 14.2 Å². The minimum absolute atomic E-state index is 0.00184. The van der Waals surface area contributed by atoms with Gasteiger partial charge in [0.05, 0.1) is 49.4 Å². The molecule has 0 radical (unpaired) electrons. The first kappa shape index (κ1) is 20.9. The lowest BCUT2D eigenvalue weighted by molar-refractivity contribution is -0.140. The number of esters is 1. The van der Waals surface area contributed by atoms with E-state index in [2.05, 4.69) is 13.8 Å². The van der Waals surface area contributed by atoms with Gasteiger partial charge < -0.3 is 18.9 Å². The third-order valence-electron chi connectivity index (χ3n) is 6.50. The first-order valence-electron chi connectivity index (χ1n) is 10.7. The van der Waals surface area contributed by atoms with Crippen molar-refractivity contribution in [2.75, 3.05) is 39.6 Å². The molecule has 4 rings (SSSR count). The van der Waals surface area contributed by atoms with E-state index in [0.29, 0.717) is 32.0 Å². The van der Waals surface area contributed by atoms with Crippen molar-refractivity contribution in [3.8, 4) is 16.9 Å². The van der Waals surface area contributed by atoms with Gasteiger partial charge in [0.25, 0.3) is 0 Å². The molecular weight excluding hydrogens is 380 g/mol. The fourth-order valence-corrected chi connectivity index (χ4v) is 3.64. The maximum atomic E-state index is 12.4. The Balaban J connectivity index is 1.32. The molecule has 0 saturated carbocycles. The van der Waals surface area contributed by atoms with Crippen LogP contribution in [0.5, 0.6) is 5.75 Å². The number of hydrogen-bond donors (Lipinski definition) is 0. The van der Waals surface area contributed by atoms with Gasteiger partial charge in [-0.25, -0.2) is 4.79 Å². The fraction of sp³-hybridized carbons (Fsp3) is 0.480. The van der Waals surface area contributed by atoms with Crippen LogP contribution < -0.4 is 4.74 Å². The SMILES string of the molecule is CCC1(COC(=O)c2ccc(-c3ccc(OCC4(CC)COC4)cc3)cc2)COC1. The van der Waals surface area contributed by atoms with E-state index in [9.17, 15) is 4.79 Å². The van der Waals surface area contributed by atoms with E-state index in [1.807, 2.05) is 48.5 Å². The summed E-state index contributed by atoms with van der Waals surface area (Å²) in [6.07, 6.45) is 2.01. The maximum Gasteiger partial charge on any atom is 0.338 e. The molecule has 2 aliphatic heterocycles. The number of benzene rings is 2. The van der Waals surface area contributed by atoms with Crippen LogP contribution in [-0.4, -0.2) is 45.6 Å². The maximum absolute atomic E-state index is 12.4. The van der Waals surface area contributed by atoms with Crippen LogP contribution in [0, 0.1) is 10.8 Å². The van der Waals surface area contributed by atoms with Crippen molar-refractivity contribution in [2.24, 2.45) is 10.8 Å². The van der Waals surface area contributed by atoms with Gasteiger partial charge in [-0.1, -0.05) is 38.1 Å². The Bertz CT molecular complexity index is 837. The summed E-state index contributed by atoms with van der Waals surface area (Å²) in [5, 5.41) is 0. The molecule has 0 unspecified atom stereocenters. The molecule has 2 heterocycles. The van der Waals surface area contributed by atoms with Gasteiger partial charge >= 0.3 is 5.97 Å². The Kier molecular flexibility index (Phi) is 6.11. The quantitative estimate of drug-likeness (QED) is 0.559. The molecule has 0 spiro atoms. The molecule has 0 atom stereocenters. The molecule has 2 aliphatic rings. The Morgan fingerprint density at radius 2 is 1.30 bits per heavy atom. The first-order chi connectivity index (χ1) is 14.6. The number of carbonyl (C=O) groups is 1. The highest BCUT2D eigenvalue weighted by Gasteiger charge is 2.38. The van der Waals surface area contributed by atoms with Crippen molar-refractivity contribution in [3.63, 3.8) is 0 Å². The lowest BCUT2D eigenvalue weighted by atomic mass is 9.84. The second-order valence-electron chi connectivity index (χ2n) is 8.66. The van der Waals surface area contributed by atoms with Gasteiger partial charge in [-0.3, -0.25) is 0 Å². The fourth-order valence-electron chi connectivity index (χ4n) is 3.64. The number of ether oxygens (including phenoxy) is 4. The third kappa shape index (κ3) is 4.37. The Hall–Kier alpha value is -2.37. The summed E-state index contributed by atoms with van der Waals surface area (Å²) in [6, 6.07) is 15.6. The molecule has 0 bridgehead atoms. The molecule has 160 valence electrons. The van der Waals surface area contributed by atoms with Crippen molar-refractivity contribution in [3.05, 3.63) is 54.1 Å². The molecule has 5 heteroatoms. The van der Waals surface area contributed by atoms with E-state index in [1.54, 1.807) is 0 Å². The Morgan fingerprint density at radius 1 is 0.800 bits per heavy atom. The van der Waals surface area contributed by atoms with E-state index in [-0.39, 0.29) is 16.8 Å². The highest BCUT2D eigenvalue weighted by atomic mass is 16.5. The normalized spacial score (nSPS) is 18.7. The molecule has 2 aromatic carbocycles. The summed E-state index contributed by atoms with van der Waals surface area (Å²) in [5.74, 6) is 0.582. The zero-order valence-electron chi connectivity index (χ0n) is 17.8. The van der Waals surface area contributed by atoms with Gasteiger partial charge in [0.15, 0.2) is 0 Å². The average Bonchev–Trinajstić information content (AvgIpc) is 2.73. The zero-order valence-corrected chi connectivity index (χ0v) is 17.8. The van der Waals surface area contributed by atoms with E-state index in [4.69, 9.17) is 18.9 Å². The predicted molar refractivity (Wildman–Crippen MR) is 115 cm³/mol. The summed E-state index contributed by atoms with van der Waals surface area (Å²) in [5.41, 5.74) is 2.87. The molecule has 0 N–H and O–H groups in total. The van der Waals surface area contributed by atoms with E-state index < -0.39 is 0 Å². The summed E-state index contributed by atoms with van der Waals surface area (Å²) in [6.45, 7) is 8.28. The van der Waals surface area contributed by atoms with Crippen molar-refractivity contribution in [2.45, 2.75) is 26.7 Å². The smallest absolute Gasteiger partial charge is 0.338 e. The minimum atomic E-state index is -0.283. The molecule has 0 amide bonds. The van der Waals surface area contributed by atoms with Crippen molar-refractivity contribution in [1.29, 1.82) is 0 Å². The van der Waals surface area contributed by atoms with E-state index >= 15 is 0 Å². The Morgan fingerprint density at radius 3 is 1.77 bits per heavy atom. The van der Waals surface area contributed by atoms with Crippen molar-refractivity contribution >= 4 is 5.97 Å². The molecule has 2 aromatic rings. The highest BCUT2D eigenvalue weighted by Crippen LogP contribution is 2.33. The van der Waals surface area contributed by atoms with Gasteiger partial charge in [0, 0.05) is 0 Å². The van der Waals surface area contributed by atoms with Crippen LogP contribution >= 0.6 is 0 Å². The van der Waals surface area contributed by atoms with Gasteiger partial charge in [-0.05, 0) is 48.2 Å². The summed E-state index contributed by atoms with van der Waals surface area (Å²) in [7, 11) is 0. The lowest BCUT2D eigenvalue weighted by Gasteiger charge is -2.40. The Labute approximate surface area is 178 Å². The third-order valence-corrected chi connectivity index (χ3v) is 6.50. The predicted octanol–water partition coefficient (Wildman–Crippen LogP) is 4.74. The van der Waals surface area contributed by atoms with Gasteiger partial charge in [0.2, 0.25) is 0 Å². The first-order valence-corrected chi connectivity index (χ1v) is 10.7. The molecule has 2 fully saturated rings. The van der Waals surface area contributed by atoms with Gasteiger partial charge in [0.1, 0.15) is 12.4 Å². The van der Waals surface area contributed by atoms with Crippen molar-refractivity contribution < 1.29 is 23.7 Å². The topological polar surface area (TPSA) is 54.0 Å². The number of carbonyl (C=O) groups excluding carboxylic acids is 1. The van der Waals surface area contributed by atoms with Crippen LogP contribution in [0.4, 0.5) is 0 Å². The summed E-state index contributed by atoms with van der Waals surface area (Å²) < 4.78 is 22.1. The van der Waals surface area contributed by atoms with Crippen molar-refractivity contribution in [1.82, 2.24) is 0 Å². The summed E-state index contributed by atoms with van der Waals surface area (Å²) in [4.78, 5) is 12.4. The average molecular weight is 411 g/mol. The molecular formula is C25H30O5. The van der Waals surface area contributed by atoms with Crippen LogP contribution in [0.1, 0.15) is 37.0 Å². The largest absolute Gasteiger partial charge is 0.493 e. The minimum Gasteiger partial charge on any atom is -0.493 e. The summed E-state index contributed by atoms with van der Waals surface area (Å²) >= 11 is 0. The standard InChI is InChI=1S/C25H30O5/c1-3-24(13-27-14-24)17-29-22-11-9-20(10-12-22)19-5-7-21(8-6-19)23(26)30-18-25(4-2)15-28-16-25/h5-12H,3-4,13-18H2,1-2H3. The second kappa shape index (κ2) is 8.78. The monoisotopic (exact) mass is 410 g/mol.